The van der Waals surface area contributed by atoms with Gasteiger partial charge in [-0.3, -0.25) is 0 Å². The largest absolute Gasteiger partial charge is 0.392 e. The van der Waals surface area contributed by atoms with Crippen molar-refractivity contribution < 1.29 is 10.2 Å². The summed E-state index contributed by atoms with van der Waals surface area (Å²) in [5.74, 6) is 0. The van der Waals surface area contributed by atoms with Gasteiger partial charge in [-0.15, -0.1) is 0 Å². The number of hydrogen-bond donors (Lipinski definition) is 2. The van der Waals surface area contributed by atoms with Crippen LogP contribution in [-0.2, 0) is 20.3 Å². The van der Waals surface area contributed by atoms with Crippen molar-refractivity contribution in [2.24, 2.45) is 7.05 Å². The first-order valence-electron chi connectivity index (χ1n) is 5.06. The van der Waals surface area contributed by atoms with Crippen LogP contribution >= 0.6 is 0 Å². The number of hydrogen-bond acceptors (Lipinski definition) is 3. The molecule has 84 valence electrons. The molecule has 0 amide bonds. The first-order chi connectivity index (χ1) is 7.76. The zero-order chi connectivity index (χ0) is 11.5. The second-order valence-electron chi connectivity index (χ2n) is 3.70. The van der Waals surface area contributed by atoms with E-state index in [1.807, 2.05) is 29.8 Å². The van der Waals surface area contributed by atoms with Gasteiger partial charge in [-0.1, -0.05) is 12.1 Å². The molecule has 0 fully saturated rings. The first-order valence-corrected chi connectivity index (χ1v) is 5.06. The minimum Gasteiger partial charge on any atom is -0.392 e. The molecule has 0 aliphatic heterocycles. The molecule has 0 saturated heterocycles. The fourth-order valence-electron chi connectivity index (χ4n) is 1.72. The molecule has 1 aromatic carbocycles. The van der Waals surface area contributed by atoms with E-state index in [-0.39, 0.29) is 13.2 Å². The Morgan fingerprint density at radius 2 is 2.06 bits per heavy atom. The number of aliphatic hydroxyl groups excluding tert-OH is 2. The van der Waals surface area contributed by atoms with Crippen LogP contribution in [0.3, 0.4) is 0 Å². The Labute approximate surface area is 93.8 Å². The van der Waals surface area contributed by atoms with Crippen LogP contribution in [-0.4, -0.2) is 19.8 Å². The third-order valence-corrected chi connectivity index (χ3v) is 2.62. The maximum Gasteiger partial charge on any atom is 0.0948 e. The molecule has 16 heavy (non-hydrogen) atoms. The number of rotatable bonds is 3. The zero-order valence-electron chi connectivity index (χ0n) is 9.09. The van der Waals surface area contributed by atoms with E-state index in [1.54, 1.807) is 12.5 Å². The highest BCUT2D eigenvalue weighted by Gasteiger charge is 2.08. The molecule has 2 N–H and O–H groups in total. The smallest absolute Gasteiger partial charge is 0.0948 e. The lowest BCUT2D eigenvalue weighted by molar-refractivity contribution is 0.278. The Morgan fingerprint density at radius 1 is 1.25 bits per heavy atom. The van der Waals surface area contributed by atoms with Crippen LogP contribution < -0.4 is 0 Å². The highest BCUT2D eigenvalue weighted by Crippen LogP contribution is 2.24. The van der Waals surface area contributed by atoms with Crippen molar-refractivity contribution in [2.45, 2.75) is 13.2 Å². The van der Waals surface area contributed by atoms with Gasteiger partial charge in [-0.2, -0.15) is 0 Å². The lowest BCUT2D eigenvalue weighted by Crippen LogP contribution is -1.96. The third kappa shape index (κ3) is 1.85. The molecule has 1 heterocycles. The number of aliphatic hydroxyl groups is 2. The molecule has 2 aromatic rings. The molecule has 4 heteroatoms. The van der Waals surface area contributed by atoms with E-state index in [0.717, 1.165) is 22.4 Å². The molecule has 4 nitrogen and oxygen atoms in total. The predicted molar refractivity (Wildman–Crippen MR) is 60.5 cm³/mol. The van der Waals surface area contributed by atoms with Gasteiger partial charge in [-0.05, 0) is 17.2 Å². The summed E-state index contributed by atoms with van der Waals surface area (Å²) in [6.07, 6.45) is 3.46. The van der Waals surface area contributed by atoms with Crippen LogP contribution in [0.25, 0.3) is 11.3 Å². The summed E-state index contributed by atoms with van der Waals surface area (Å²) in [7, 11) is 1.90. The second-order valence-corrected chi connectivity index (χ2v) is 3.70. The summed E-state index contributed by atoms with van der Waals surface area (Å²) in [4.78, 5) is 4.05. The zero-order valence-corrected chi connectivity index (χ0v) is 9.09. The van der Waals surface area contributed by atoms with Gasteiger partial charge in [0.2, 0.25) is 0 Å². The Balaban J connectivity index is 2.57. The normalized spacial score (nSPS) is 10.7. The molecule has 0 atom stereocenters. The number of nitrogens with zero attached hydrogens (tertiary/aromatic N) is 2. The third-order valence-electron chi connectivity index (χ3n) is 2.62. The molecule has 0 aliphatic carbocycles. The van der Waals surface area contributed by atoms with Gasteiger partial charge in [0.25, 0.3) is 0 Å². The molecule has 0 spiro atoms. The number of imidazole rings is 1. The summed E-state index contributed by atoms with van der Waals surface area (Å²) < 4.78 is 1.88. The molecule has 2 rings (SSSR count). The van der Waals surface area contributed by atoms with Crippen LogP contribution in [0.2, 0.25) is 0 Å². The van der Waals surface area contributed by atoms with Gasteiger partial charge in [0.05, 0.1) is 31.4 Å². The summed E-state index contributed by atoms with van der Waals surface area (Å²) in [5.41, 5.74) is 3.50. The van der Waals surface area contributed by atoms with Crippen molar-refractivity contribution >= 4 is 0 Å². The van der Waals surface area contributed by atoms with Crippen molar-refractivity contribution in [3.63, 3.8) is 0 Å². The second kappa shape index (κ2) is 4.47. The van der Waals surface area contributed by atoms with Crippen molar-refractivity contribution in [3.8, 4) is 11.3 Å². The molecule has 0 bridgehead atoms. The van der Waals surface area contributed by atoms with E-state index in [4.69, 9.17) is 5.11 Å². The SMILES string of the molecule is Cn1cncc1-c1cc(CO)ccc1CO. The highest BCUT2D eigenvalue weighted by molar-refractivity contribution is 5.64. The standard InChI is InChI=1S/C12H14N2O2/c1-14-8-13-5-12(14)11-4-9(6-15)2-3-10(11)7-16/h2-5,8,15-16H,6-7H2,1H3. The fraction of sp³-hybridized carbons (Fsp3) is 0.250. The Morgan fingerprint density at radius 3 is 2.62 bits per heavy atom. The number of aryl methyl sites for hydroxylation is 1. The number of benzene rings is 1. The van der Waals surface area contributed by atoms with Crippen LogP contribution in [0.4, 0.5) is 0 Å². The predicted octanol–water partition coefficient (Wildman–Crippen LogP) is 1.07. The van der Waals surface area contributed by atoms with Crippen molar-refractivity contribution in [1.29, 1.82) is 0 Å². The minimum absolute atomic E-state index is 0.00341. The van der Waals surface area contributed by atoms with Crippen LogP contribution in [0, 0.1) is 0 Å². The van der Waals surface area contributed by atoms with Gasteiger partial charge in [0.15, 0.2) is 0 Å². The average Bonchev–Trinajstić information content (AvgIpc) is 2.74. The molecule has 0 saturated carbocycles. The highest BCUT2D eigenvalue weighted by atomic mass is 16.3. The monoisotopic (exact) mass is 218 g/mol. The topological polar surface area (TPSA) is 58.3 Å². The quantitative estimate of drug-likeness (QED) is 0.810. The maximum absolute atomic E-state index is 9.28. The van der Waals surface area contributed by atoms with Crippen LogP contribution in [0.5, 0.6) is 0 Å². The summed E-state index contributed by atoms with van der Waals surface area (Å²) in [6, 6.07) is 5.52. The lowest BCUT2D eigenvalue weighted by Gasteiger charge is -2.09. The van der Waals surface area contributed by atoms with Gasteiger partial charge in [0.1, 0.15) is 0 Å². The van der Waals surface area contributed by atoms with E-state index in [0.29, 0.717) is 0 Å². The maximum atomic E-state index is 9.28. The van der Waals surface area contributed by atoms with Gasteiger partial charge in [-0.25, -0.2) is 4.98 Å². The summed E-state index contributed by atoms with van der Waals surface area (Å²) >= 11 is 0. The fourth-order valence-corrected chi connectivity index (χ4v) is 1.72. The molecular formula is C12H14N2O2. The van der Waals surface area contributed by atoms with Crippen molar-refractivity contribution in [1.82, 2.24) is 9.55 Å². The summed E-state index contributed by atoms with van der Waals surface area (Å²) in [5, 5.41) is 18.4. The molecule has 0 aliphatic rings. The lowest BCUT2D eigenvalue weighted by atomic mass is 10.0. The molecular weight excluding hydrogens is 204 g/mol. The Bertz CT molecular complexity index is 492. The van der Waals surface area contributed by atoms with E-state index in [2.05, 4.69) is 4.98 Å². The van der Waals surface area contributed by atoms with Crippen LogP contribution in [0.15, 0.2) is 30.7 Å². The Kier molecular flexibility index (Phi) is 3.03. The minimum atomic E-state index is -0.0216. The molecule has 0 radical (unpaired) electrons. The first kappa shape index (κ1) is 10.9. The molecule has 1 aromatic heterocycles. The van der Waals surface area contributed by atoms with Gasteiger partial charge in [0, 0.05) is 12.6 Å². The van der Waals surface area contributed by atoms with E-state index in [9.17, 15) is 5.11 Å². The van der Waals surface area contributed by atoms with Gasteiger partial charge >= 0.3 is 0 Å². The van der Waals surface area contributed by atoms with Crippen molar-refractivity contribution in [2.75, 3.05) is 0 Å². The average molecular weight is 218 g/mol. The van der Waals surface area contributed by atoms with E-state index < -0.39 is 0 Å². The van der Waals surface area contributed by atoms with E-state index >= 15 is 0 Å². The van der Waals surface area contributed by atoms with Crippen molar-refractivity contribution in [3.05, 3.63) is 41.9 Å². The van der Waals surface area contributed by atoms with Gasteiger partial charge < -0.3 is 14.8 Å². The Hall–Kier alpha value is -1.65. The van der Waals surface area contributed by atoms with Crippen LogP contribution in [0.1, 0.15) is 11.1 Å². The summed E-state index contributed by atoms with van der Waals surface area (Å²) in [6.45, 7) is -0.0250. The molecule has 0 unspecified atom stereocenters. The number of aromatic nitrogens is 2. The van der Waals surface area contributed by atoms with E-state index in [1.165, 1.54) is 0 Å².